The molecule has 2 unspecified atom stereocenters. The molecule has 0 aromatic carbocycles. The molecular weight excluding hydrogens is 184 g/mol. The van der Waals surface area contributed by atoms with Crippen LogP contribution in [-0.4, -0.2) is 35.6 Å². The van der Waals surface area contributed by atoms with Crippen molar-refractivity contribution in [2.75, 3.05) is 6.54 Å². The zero-order valence-electron chi connectivity index (χ0n) is 10.5. The number of hydrogen-bond donors (Lipinski definition) is 1. The van der Waals surface area contributed by atoms with E-state index in [1.54, 1.807) is 0 Å². The maximum atomic E-state index is 3.82. The smallest absolute Gasteiger partial charge is 0.0212 e. The van der Waals surface area contributed by atoms with E-state index in [0.29, 0.717) is 0 Å². The van der Waals surface area contributed by atoms with E-state index in [0.717, 1.165) is 24.2 Å². The highest BCUT2D eigenvalue weighted by atomic mass is 15.3. The first-order valence-corrected chi connectivity index (χ1v) is 6.76. The molecule has 0 amide bonds. The van der Waals surface area contributed by atoms with Crippen LogP contribution in [0.3, 0.4) is 0 Å². The second-order valence-corrected chi connectivity index (χ2v) is 5.39. The van der Waals surface area contributed by atoms with Gasteiger partial charge in [0.1, 0.15) is 0 Å². The van der Waals surface area contributed by atoms with E-state index in [-0.39, 0.29) is 0 Å². The molecular formula is C13H26N2. The number of likely N-dealkylation sites (tertiary alicyclic amines) is 1. The standard InChI is InChI=1S/C13H26N2/c1-4-11(5-2)14-12-8-10(3)15(9-12)13-6-7-13/h10-14H,4-9H2,1-3H3. The van der Waals surface area contributed by atoms with E-state index in [1.807, 2.05) is 0 Å². The minimum Gasteiger partial charge on any atom is -0.310 e. The molecule has 1 aliphatic carbocycles. The van der Waals surface area contributed by atoms with Gasteiger partial charge >= 0.3 is 0 Å². The van der Waals surface area contributed by atoms with E-state index in [4.69, 9.17) is 0 Å². The molecule has 2 rings (SSSR count). The number of rotatable bonds is 5. The SMILES string of the molecule is CCC(CC)NC1CC(C)N(C2CC2)C1. The van der Waals surface area contributed by atoms with Gasteiger partial charge in [-0.05, 0) is 39.0 Å². The molecule has 0 aromatic heterocycles. The molecule has 2 heteroatoms. The largest absolute Gasteiger partial charge is 0.310 e. The van der Waals surface area contributed by atoms with Gasteiger partial charge in [0.05, 0.1) is 0 Å². The zero-order chi connectivity index (χ0) is 10.8. The molecule has 0 radical (unpaired) electrons. The lowest BCUT2D eigenvalue weighted by Gasteiger charge is -2.21. The molecule has 2 fully saturated rings. The minimum atomic E-state index is 0.737. The van der Waals surface area contributed by atoms with Crippen molar-refractivity contribution < 1.29 is 0 Å². The lowest BCUT2D eigenvalue weighted by Crippen LogP contribution is -2.39. The summed E-state index contributed by atoms with van der Waals surface area (Å²) >= 11 is 0. The van der Waals surface area contributed by atoms with Crippen LogP contribution in [0.25, 0.3) is 0 Å². The summed E-state index contributed by atoms with van der Waals surface area (Å²) in [5, 5.41) is 3.82. The Kier molecular flexibility index (Phi) is 3.68. The number of hydrogen-bond acceptors (Lipinski definition) is 2. The third-order valence-corrected chi connectivity index (χ3v) is 4.10. The van der Waals surface area contributed by atoms with Crippen LogP contribution >= 0.6 is 0 Å². The van der Waals surface area contributed by atoms with Crippen molar-refractivity contribution in [2.24, 2.45) is 0 Å². The maximum Gasteiger partial charge on any atom is 0.0212 e. The van der Waals surface area contributed by atoms with Gasteiger partial charge in [-0.1, -0.05) is 13.8 Å². The average Bonchev–Trinajstić information content (AvgIpc) is 3.00. The Bertz CT molecular complexity index is 195. The molecule has 1 N–H and O–H groups in total. The second-order valence-electron chi connectivity index (χ2n) is 5.39. The van der Waals surface area contributed by atoms with Crippen LogP contribution in [0.2, 0.25) is 0 Å². The van der Waals surface area contributed by atoms with Gasteiger partial charge in [-0.3, -0.25) is 4.90 Å². The zero-order valence-corrected chi connectivity index (χ0v) is 10.5. The third kappa shape index (κ3) is 2.73. The van der Waals surface area contributed by atoms with Crippen molar-refractivity contribution in [3.05, 3.63) is 0 Å². The lowest BCUT2D eigenvalue weighted by atomic mass is 10.1. The van der Waals surface area contributed by atoms with Gasteiger partial charge in [0.2, 0.25) is 0 Å². The second kappa shape index (κ2) is 4.84. The van der Waals surface area contributed by atoms with Crippen molar-refractivity contribution in [3.63, 3.8) is 0 Å². The molecule has 0 aromatic rings. The molecule has 2 aliphatic rings. The Morgan fingerprint density at radius 3 is 2.47 bits per heavy atom. The van der Waals surface area contributed by atoms with E-state index >= 15 is 0 Å². The average molecular weight is 210 g/mol. The van der Waals surface area contributed by atoms with E-state index in [1.165, 1.54) is 38.6 Å². The number of nitrogens with zero attached hydrogens (tertiary/aromatic N) is 1. The summed E-state index contributed by atoms with van der Waals surface area (Å²) in [4.78, 5) is 2.72. The molecule has 2 nitrogen and oxygen atoms in total. The summed E-state index contributed by atoms with van der Waals surface area (Å²) in [5.74, 6) is 0. The predicted octanol–water partition coefficient (Wildman–Crippen LogP) is 2.39. The summed E-state index contributed by atoms with van der Waals surface area (Å²) in [6.45, 7) is 8.27. The van der Waals surface area contributed by atoms with Crippen LogP contribution < -0.4 is 5.32 Å². The first kappa shape index (κ1) is 11.4. The van der Waals surface area contributed by atoms with Gasteiger partial charge in [0, 0.05) is 30.7 Å². The van der Waals surface area contributed by atoms with Crippen LogP contribution in [0, 0.1) is 0 Å². The summed E-state index contributed by atoms with van der Waals surface area (Å²) in [6.07, 6.45) is 6.78. The summed E-state index contributed by atoms with van der Waals surface area (Å²) in [6, 6.07) is 3.24. The van der Waals surface area contributed by atoms with Gasteiger partial charge in [-0.15, -0.1) is 0 Å². The molecule has 0 bridgehead atoms. The molecule has 1 heterocycles. The maximum absolute atomic E-state index is 3.82. The van der Waals surface area contributed by atoms with Crippen LogP contribution in [0.1, 0.15) is 52.9 Å². The quantitative estimate of drug-likeness (QED) is 0.749. The Morgan fingerprint density at radius 2 is 1.93 bits per heavy atom. The third-order valence-electron chi connectivity index (χ3n) is 4.10. The van der Waals surface area contributed by atoms with Gasteiger partial charge in [-0.2, -0.15) is 0 Å². The topological polar surface area (TPSA) is 15.3 Å². The van der Waals surface area contributed by atoms with Crippen LogP contribution in [0.15, 0.2) is 0 Å². The Balaban J connectivity index is 1.80. The Morgan fingerprint density at radius 1 is 1.27 bits per heavy atom. The fraction of sp³-hybridized carbons (Fsp3) is 1.00. The molecule has 2 atom stereocenters. The lowest BCUT2D eigenvalue weighted by molar-refractivity contribution is 0.253. The Labute approximate surface area is 94.4 Å². The first-order valence-electron chi connectivity index (χ1n) is 6.76. The highest BCUT2D eigenvalue weighted by Crippen LogP contribution is 2.33. The van der Waals surface area contributed by atoms with Gasteiger partial charge in [0.15, 0.2) is 0 Å². The van der Waals surface area contributed by atoms with Gasteiger partial charge < -0.3 is 5.32 Å². The molecule has 15 heavy (non-hydrogen) atoms. The first-order chi connectivity index (χ1) is 7.24. The summed E-state index contributed by atoms with van der Waals surface area (Å²) < 4.78 is 0. The fourth-order valence-electron chi connectivity index (χ4n) is 2.95. The van der Waals surface area contributed by atoms with E-state index in [9.17, 15) is 0 Å². The highest BCUT2D eigenvalue weighted by molar-refractivity contribution is 4.96. The van der Waals surface area contributed by atoms with Crippen molar-refractivity contribution in [2.45, 2.75) is 77.0 Å². The van der Waals surface area contributed by atoms with E-state index < -0.39 is 0 Å². The molecule has 1 saturated heterocycles. The summed E-state index contributed by atoms with van der Waals surface area (Å²) in [5.41, 5.74) is 0. The summed E-state index contributed by atoms with van der Waals surface area (Å²) in [7, 11) is 0. The molecule has 1 saturated carbocycles. The van der Waals surface area contributed by atoms with Crippen molar-refractivity contribution in [3.8, 4) is 0 Å². The predicted molar refractivity (Wildman–Crippen MR) is 65.1 cm³/mol. The van der Waals surface area contributed by atoms with Crippen molar-refractivity contribution in [1.82, 2.24) is 10.2 Å². The molecule has 1 aliphatic heterocycles. The van der Waals surface area contributed by atoms with Gasteiger partial charge in [0.25, 0.3) is 0 Å². The Hall–Kier alpha value is -0.0800. The normalized spacial score (nSPS) is 32.8. The molecule has 88 valence electrons. The monoisotopic (exact) mass is 210 g/mol. The number of nitrogens with one attached hydrogen (secondary N) is 1. The fourth-order valence-corrected chi connectivity index (χ4v) is 2.95. The molecule has 0 spiro atoms. The van der Waals surface area contributed by atoms with Crippen molar-refractivity contribution in [1.29, 1.82) is 0 Å². The highest BCUT2D eigenvalue weighted by Gasteiger charge is 2.38. The minimum absolute atomic E-state index is 0.737. The van der Waals surface area contributed by atoms with Crippen LogP contribution in [0.4, 0.5) is 0 Å². The van der Waals surface area contributed by atoms with Crippen molar-refractivity contribution >= 4 is 0 Å². The van der Waals surface area contributed by atoms with Crippen LogP contribution in [0.5, 0.6) is 0 Å². The van der Waals surface area contributed by atoms with Gasteiger partial charge in [-0.25, -0.2) is 0 Å². The van der Waals surface area contributed by atoms with E-state index in [2.05, 4.69) is 31.0 Å². The van der Waals surface area contributed by atoms with Crippen LogP contribution in [-0.2, 0) is 0 Å².